The van der Waals surface area contributed by atoms with E-state index < -0.39 is 98.1 Å². The molecular formula is C38H49F3N6O9S. The second-order valence-electron chi connectivity index (χ2n) is 16.1. The fourth-order valence-electron chi connectivity index (χ4n) is 7.01. The van der Waals surface area contributed by atoms with E-state index in [4.69, 9.17) is 14.2 Å². The molecule has 0 spiro atoms. The van der Waals surface area contributed by atoms with Gasteiger partial charge in [-0.2, -0.15) is 13.2 Å². The molecule has 4 amide bonds. The summed E-state index contributed by atoms with van der Waals surface area (Å²) < 4.78 is 87.1. The van der Waals surface area contributed by atoms with E-state index in [1.807, 2.05) is 13.0 Å². The molecule has 2 aliphatic carbocycles. The van der Waals surface area contributed by atoms with Gasteiger partial charge in [-0.15, -0.1) is 0 Å². The molecule has 1 saturated heterocycles. The zero-order valence-corrected chi connectivity index (χ0v) is 33.3. The number of rotatable bonds is 9. The van der Waals surface area contributed by atoms with Gasteiger partial charge in [0.05, 0.1) is 29.4 Å². The summed E-state index contributed by atoms with van der Waals surface area (Å²) in [6.45, 7) is 6.34. The van der Waals surface area contributed by atoms with Crippen molar-refractivity contribution in [2.45, 2.75) is 132 Å². The van der Waals surface area contributed by atoms with Crippen LogP contribution in [0.15, 0.2) is 30.4 Å². The van der Waals surface area contributed by atoms with E-state index in [1.54, 1.807) is 19.9 Å². The summed E-state index contributed by atoms with van der Waals surface area (Å²) in [7, 11) is -2.72. The van der Waals surface area contributed by atoms with Crippen LogP contribution in [0, 0.1) is 5.92 Å². The minimum atomic E-state index is -5.00. The highest BCUT2D eigenvalue weighted by atomic mass is 32.2. The second kappa shape index (κ2) is 15.6. The van der Waals surface area contributed by atoms with Gasteiger partial charge < -0.3 is 29.7 Å². The number of carbonyl (C=O) groups excluding carboxylic acids is 4. The molecule has 2 aromatic rings. The van der Waals surface area contributed by atoms with Gasteiger partial charge >= 0.3 is 12.3 Å². The van der Waals surface area contributed by atoms with Gasteiger partial charge in [-0.3, -0.25) is 19.1 Å². The summed E-state index contributed by atoms with van der Waals surface area (Å²) in [5.41, 5.74) is -4.01. The van der Waals surface area contributed by atoms with Crippen molar-refractivity contribution in [2.75, 3.05) is 13.7 Å². The third kappa shape index (κ3) is 9.07. The summed E-state index contributed by atoms with van der Waals surface area (Å²) in [5, 5.41) is 5.36. The van der Waals surface area contributed by atoms with E-state index in [9.17, 15) is 40.8 Å². The highest BCUT2D eigenvalue weighted by Gasteiger charge is 2.63. The zero-order chi connectivity index (χ0) is 41.6. The Hall–Kier alpha value is -4.68. The number of hydrogen-bond donors (Lipinski definition) is 3. The standard InChI is InChI=1S/C38H49F3N6O9S/c1-6-35(2,3)56-34(51)44-26-13-11-9-7-8-10-12-22-20-37(22,33(50)46-57(52,53)36(4)16-17-36)45-30(48)28-19-24(21-47(28)32(26)49)55-31-29(38(39,40)41)42-25-15-14-23(54-5)18-27(25)43-31/h10,12,14-15,18,22,24,26,28H,6-9,11,13,16-17,19-21H2,1-5H3,(H,44,51)(H,45,48)(H,46,50)/b12-10-/t22-,24-,26+,28+,37-/m1/s1. The van der Waals surface area contributed by atoms with E-state index >= 15 is 0 Å². The first kappa shape index (κ1) is 41.9. The smallest absolute Gasteiger partial charge is 0.438 e. The average molecular weight is 823 g/mol. The second-order valence-corrected chi connectivity index (χ2v) is 18.3. The molecule has 1 aromatic carbocycles. The monoisotopic (exact) mass is 822 g/mol. The van der Waals surface area contributed by atoms with Gasteiger partial charge in [0, 0.05) is 18.4 Å². The number of allylic oxidation sites excluding steroid dienone is 1. The van der Waals surface area contributed by atoms with Gasteiger partial charge in [-0.05, 0) is 77.8 Å². The van der Waals surface area contributed by atoms with E-state index in [0.29, 0.717) is 50.7 Å². The van der Waals surface area contributed by atoms with E-state index in [0.717, 1.165) is 4.90 Å². The lowest BCUT2D eigenvalue weighted by Crippen LogP contribution is -2.58. The number of hydrogen-bond acceptors (Lipinski definition) is 11. The third-order valence-corrected chi connectivity index (χ3v) is 13.5. The molecule has 3 heterocycles. The van der Waals surface area contributed by atoms with Gasteiger partial charge in [0.15, 0.2) is 0 Å². The van der Waals surface area contributed by atoms with Gasteiger partial charge in [0.1, 0.15) is 35.1 Å². The number of aromatic nitrogens is 2. The lowest BCUT2D eigenvalue weighted by Gasteiger charge is -2.31. The molecule has 0 unspecified atom stereocenters. The number of alkyl carbamates (subject to hydrolysis) is 1. The van der Waals surface area contributed by atoms with Crippen LogP contribution in [-0.4, -0.2) is 94.8 Å². The molecule has 0 radical (unpaired) electrons. The lowest BCUT2D eigenvalue weighted by molar-refractivity contribution is -0.143. The van der Waals surface area contributed by atoms with Gasteiger partial charge in [-0.25, -0.2) is 23.2 Å². The molecule has 3 fully saturated rings. The Morgan fingerprint density at radius 2 is 1.82 bits per heavy atom. The van der Waals surface area contributed by atoms with Crippen molar-refractivity contribution >= 4 is 44.9 Å². The topological polar surface area (TPSA) is 195 Å². The van der Waals surface area contributed by atoms with Crippen LogP contribution in [0.25, 0.3) is 11.0 Å². The molecular weight excluding hydrogens is 774 g/mol. The van der Waals surface area contributed by atoms with Crippen LogP contribution in [0.4, 0.5) is 18.0 Å². The zero-order valence-electron chi connectivity index (χ0n) is 32.5. The molecule has 2 saturated carbocycles. The Kier molecular flexibility index (Phi) is 11.5. The van der Waals surface area contributed by atoms with Gasteiger partial charge in [-0.1, -0.05) is 31.9 Å². The highest BCUT2D eigenvalue weighted by Crippen LogP contribution is 2.47. The van der Waals surface area contributed by atoms with Crippen LogP contribution >= 0.6 is 0 Å². The van der Waals surface area contributed by atoms with Crippen LogP contribution in [0.5, 0.6) is 11.6 Å². The summed E-state index contributed by atoms with van der Waals surface area (Å²) in [6.07, 6.45) is 0.0245. The predicted molar refractivity (Wildman–Crippen MR) is 199 cm³/mol. The number of nitrogens with zero attached hydrogens (tertiary/aromatic N) is 3. The number of amides is 4. The molecule has 19 heteroatoms. The van der Waals surface area contributed by atoms with Crippen molar-refractivity contribution in [3.05, 3.63) is 36.0 Å². The quantitative estimate of drug-likeness (QED) is 0.297. The molecule has 15 nitrogen and oxygen atoms in total. The fourth-order valence-corrected chi connectivity index (χ4v) is 8.32. The Labute approximate surface area is 328 Å². The molecule has 4 aliphatic rings. The van der Waals surface area contributed by atoms with Gasteiger partial charge in [0.25, 0.3) is 5.91 Å². The van der Waals surface area contributed by atoms with Crippen LogP contribution in [0.3, 0.4) is 0 Å². The first-order valence-electron chi connectivity index (χ1n) is 19.2. The molecule has 1 aromatic heterocycles. The number of alkyl halides is 3. The number of methoxy groups -OCH3 is 1. The van der Waals surface area contributed by atoms with Crippen molar-refractivity contribution in [2.24, 2.45) is 5.92 Å². The number of halogens is 3. The van der Waals surface area contributed by atoms with Crippen LogP contribution in [0.2, 0.25) is 0 Å². The number of benzene rings is 1. The first-order valence-corrected chi connectivity index (χ1v) is 20.6. The molecule has 0 bridgehead atoms. The normalized spacial score (nSPS) is 27.1. The molecule has 57 heavy (non-hydrogen) atoms. The number of carbonyl (C=O) groups is 4. The van der Waals surface area contributed by atoms with Crippen molar-refractivity contribution in [1.82, 2.24) is 30.2 Å². The average Bonchev–Trinajstić information content (AvgIpc) is 4.02. The Bertz CT molecular complexity index is 2060. The van der Waals surface area contributed by atoms with E-state index in [1.165, 1.54) is 32.2 Å². The molecule has 6 rings (SSSR count). The maximum absolute atomic E-state index is 14.5. The van der Waals surface area contributed by atoms with Crippen molar-refractivity contribution in [3.63, 3.8) is 0 Å². The van der Waals surface area contributed by atoms with Crippen LogP contribution in [-0.2, 0) is 35.3 Å². The molecule has 5 atom stereocenters. The van der Waals surface area contributed by atoms with E-state index in [-0.39, 0.29) is 30.3 Å². The summed E-state index contributed by atoms with van der Waals surface area (Å²) >= 11 is 0. The predicted octanol–water partition coefficient (Wildman–Crippen LogP) is 4.68. The van der Waals surface area contributed by atoms with Gasteiger partial charge in [0.2, 0.25) is 33.4 Å². The largest absolute Gasteiger partial charge is 0.497 e. The minimum absolute atomic E-state index is 0.0348. The van der Waals surface area contributed by atoms with E-state index in [2.05, 4.69) is 25.3 Å². The Morgan fingerprint density at radius 1 is 1.09 bits per heavy atom. The number of fused-ring (bicyclic) bond motifs is 3. The number of nitrogens with one attached hydrogen (secondary N) is 3. The van der Waals surface area contributed by atoms with Crippen LogP contribution < -0.4 is 24.8 Å². The van der Waals surface area contributed by atoms with Crippen LogP contribution in [0.1, 0.15) is 97.6 Å². The maximum atomic E-state index is 14.5. The summed E-state index contributed by atoms with van der Waals surface area (Å²) in [5.74, 6) is -3.65. The number of sulfonamides is 1. The Balaban J connectivity index is 1.35. The molecule has 2 aliphatic heterocycles. The molecule has 3 N–H and O–H groups in total. The minimum Gasteiger partial charge on any atom is -0.497 e. The maximum Gasteiger partial charge on any atom is 0.438 e. The lowest BCUT2D eigenvalue weighted by atomic mass is 10.0. The Morgan fingerprint density at radius 3 is 2.49 bits per heavy atom. The summed E-state index contributed by atoms with van der Waals surface area (Å²) in [4.78, 5) is 64.8. The van der Waals surface area contributed by atoms with Crippen molar-refractivity contribution in [1.29, 1.82) is 0 Å². The summed E-state index contributed by atoms with van der Waals surface area (Å²) in [6, 6.07) is 1.51. The number of ether oxygens (including phenoxy) is 3. The van der Waals surface area contributed by atoms with Crippen molar-refractivity contribution in [3.8, 4) is 11.6 Å². The fraction of sp³-hybridized carbons (Fsp3) is 0.632. The van der Waals surface area contributed by atoms with Crippen molar-refractivity contribution < 1.29 is 55.0 Å². The first-order chi connectivity index (χ1) is 26.7. The molecule has 312 valence electrons. The third-order valence-electron chi connectivity index (χ3n) is 11.4. The SMILES string of the molecule is CCC(C)(C)OC(=O)N[C@H]1CCCCC/C=C\[C@@H]2C[C@@]2(C(=O)NS(=O)(=O)C2(C)CC2)NC(=O)[C@@H]2C[C@@H](Oc3nc4cc(OC)ccc4nc3C(F)(F)F)CN2C1=O. The highest BCUT2D eigenvalue weighted by molar-refractivity contribution is 7.91.